The Morgan fingerprint density at radius 2 is 2.05 bits per heavy atom. The number of morpholine rings is 1. The molecular formula is C12H19N5O3. The third-order valence-corrected chi connectivity index (χ3v) is 3.34. The average molecular weight is 281 g/mol. The highest BCUT2D eigenvalue weighted by molar-refractivity contribution is 5.36. The van der Waals surface area contributed by atoms with Crippen LogP contribution in [-0.4, -0.2) is 60.6 Å². The van der Waals surface area contributed by atoms with Gasteiger partial charge in [0.25, 0.3) is 0 Å². The zero-order valence-electron chi connectivity index (χ0n) is 11.3. The lowest BCUT2D eigenvalue weighted by Gasteiger charge is -2.26. The Hall–Kier alpha value is -1.67. The lowest BCUT2D eigenvalue weighted by molar-refractivity contribution is 0.0645. The van der Waals surface area contributed by atoms with E-state index in [1.54, 1.807) is 0 Å². The molecule has 2 saturated heterocycles. The van der Waals surface area contributed by atoms with Gasteiger partial charge in [-0.3, -0.25) is 0 Å². The second kappa shape index (κ2) is 6.19. The van der Waals surface area contributed by atoms with Crippen LogP contribution in [0.2, 0.25) is 0 Å². The van der Waals surface area contributed by atoms with Crippen LogP contribution in [0.4, 0.5) is 11.9 Å². The summed E-state index contributed by atoms with van der Waals surface area (Å²) >= 11 is 0. The van der Waals surface area contributed by atoms with Gasteiger partial charge in [0.2, 0.25) is 11.9 Å². The van der Waals surface area contributed by atoms with Crippen molar-refractivity contribution in [3.63, 3.8) is 0 Å². The number of aromatic nitrogens is 3. The highest BCUT2D eigenvalue weighted by Gasteiger charge is 2.19. The molecular weight excluding hydrogens is 262 g/mol. The predicted octanol–water partition coefficient (Wildman–Crippen LogP) is -0.152. The van der Waals surface area contributed by atoms with Crippen molar-refractivity contribution in [2.24, 2.45) is 0 Å². The van der Waals surface area contributed by atoms with E-state index in [0.717, 1.165) is 32.5 Å². The van der Waals surface area contributed by atoms with Crippen LogP contribution < -0.4 is 15.4 Å². The molecule has 1 atom stereocenters. The molecule has 20 heavy (non-hydrogen) atoms. The Labute approximate surface area is 117 Å². The van der Waals surface area contributed by atoms with Gasteiger partial charge in [0.05, 0.1) is 19.3 Å². The Kier molecular flexibility index (Phi) is 4.12. The number of ether oxygens (including phenoxy) is 3. The van der Waals surface area contributed by atoms with Gasteiger partial charge in [-0.15, -0.1) is 0 Å². The molecule has 8 heteroatoms. The van der Waals surface area contributed by atoms with E-state index < -0.39 is 0 Å². The molecule has 0 bridgehead atoms. The number of anilines is 2. The Morgan fingerprint density at radius 3 is 2.80 bits per heavy atom. The fourth-order valence-corrected chi connectivity index (χ4v) is 2.27. The SMILES string of the molecule is Nc1nc(OCC2CCCO2)nc(N2CCOCC2)n1. The zero-order valence-corrected chi connectivity index (χ0v) is 11.3. The normalized spacial score (nSPS) is 23.0. The minimum atomic E-state index is 0.125. The topological polar surface area (TPSA) is 95.6 Å². The van der Waals surface area contributed by atoms with E-state index in [4.69, 9.17) is 19.9 Å². The van der Waals surface area contributed by atoms with Crippen molar-refractivity contribution in [2.45, 2.75) is 18.9 Å². The second-order valence-corrected chi connectivity index (χ2v) is 4.82. The van der Waals surface area contributed by atoms with E-state index >= 15 is 0 Å². The highest BCUT2D eigenvalue weighted by Crippen LogP contribution is 2.17. The minimum absolute atomic E-state index is 0.125. The van der Waals surface area contributed by atoms with Gasteiger partial charge in [-0.25, -0.2) is 0 Å². The van der Waals surface area contributed by atoms with Gasteiger partial charge < -0.3 is 24.8 Å². The zero-order chi connectivity index (χ0) is 13.8. The average Bonchev–Trinajstić information content (AvgIpc) is 2.99. The molecule has 0 aromatic carbocycles. The standard InChI is InChI=1S/C12H19N5O3/c13-10-14-11(17-3-6-18-7-4-17)16-12(15-10)20-8-9-2-1-5-19-9/h9H,1-8H2,(H2,13,14,15,16). The van der Waals surface area contributed by atoms with Crippen molar-refractivity contribution in [3.05, 3.63) is 0 Å². The van der Waals surface area contributed by atoms with Crippen LogP contribution in [0.3, 0.4) is 0 Å². The fourth-order valence-electron chi connectivity index (χ4n) is 2.27. The number of hydrogen-bond donors (Lipinski definition) is 1. The first-order valence-electron chi connectivity index (χ1n) is 6.90. The molecule has 1 aromatic rings. The smallest absolute Gasteiger partial charge is 0.323 e. The van der Waals surface area contributed by atoms with Crippen molar-refractivity contribution >= 4 is 11.9 Å². The van der Waals surface area contributed by atoms with E-state index in [9.17, 15) is 0 Å². The first-order valence-corrected chi connectivity index (χ1v) is 6.90. The summed E-state index contributed by atoms with van der Waals surface area (Å²) in [5.41, 5.74) is 5.72. The van der Waals surface area contributed by atoms with Crippen LogP contribution in [0.1, 0.15) is 12.8 Å². The van der Waals surface area contributed by atoms with E-state index in [-0.39, 0.29) is 18.1 Å². The van der Waals surface area contributed by atoms with E-state index in [1.807, 2.05) is 4.90 Å². The van der Waals surface area contributed by atoms with Crippen molar-refractivity contribution < 1.29 is 14.2 Å². The molecule has 3 rings (SSSR count). The summed E-state index contributed by atoms with van der Waals surface area (Å²) in [4.78, 5) is 14.5. The van der Waals surface area contributed by atoms with Gasteiger partial charge in [-0.1, -0.05) is 0 Å². The Balaban J connectivity index is 1.65. The van der Waals surface area contributed by atoms with Gasteiger partial charge in [0.15, 0.2) is 0 Å². The summed E-state index contributed by atoms with van der Waals surface area (Å²) in [6.45, 7) is 4.07. The third-order valence-electron chi connectivity index (χ3n) is 3.34. The van der Waals surface area contributed by atoms with Crippen molar-refractivity contribution in [2.75, 3.05) is 50.2 Å². The third kappa shape index (κ3) is 3.26. The van der Waals surface area contributed by atoms with Crippen LogP contribution in [0.5, 0.6) is 6.01 Å². The quantitative estimate of drug-likeness (QED) is 0.814. The summed E-state index contributed by atoms with van der Waals surface area (Å²) < 4.78 is 16.4. The van der Waals surface area contributed by atoms with Crippen molar-refractivity contribution in [1.29, 1.82) is 0 Å². The van der Waals surface area contributed by atoms with Gasteiger partial charge in [0.1, 0.15) is 6.61 Å². The number of nitrogens with zero attached hydrogens (tertiary/aromatic N) is 4. The largest absolute Gasteiger partial charge is 0.461 e. The Morgan fingerprint density at radius 1 is 1.20 bits per heavy atom. The molecule has 2 fully saturated rings. The molecule has 110 valence electrons. The molecule has 0 spiro atoms. The maximum Gasteiger partial charge on any atom is 0.323 e. The number of nitrogens with two attached hydrogens (primary N) is 1. The first kappa shape index (κ1) is 13.3. The molecule has 1 unspecified atom stereocenters. The van der Waals surface area contributed by atoms with Crippen LogP contribution in [0.25, 0.3) is 0 Å². The molecule has 0 aliphatic carbocycles. The maximum atomic E-state index is 5.72. The van der Waals surface area contributed by atoms with Crippen molar-refractivity contribution in [3.8, 4) is 6.01 Å². The lowest BCUT2D eigenvalue weighted by atomic mass is 10.2. The predicted molar refractivity (Wildman–Crippen MR) is 71.7 cm³/mol. The van der Waals surface area contributed by atoms with E-state index in [2.05, 4.69) is 15.0 Å². The molecule has 0 radical (unpaired) electrons. The maximum absolute atomic E-state index is 5.72. The molecule has 3 heterocycles. The number of nitrogen functional groups attached to an aromatic ring is 1. The summed E-state index contributed by atoms with van der Waals surface area (Å²) in [5.74, 6) is 0.715. The summed E-state index contributed by atoms with van der Waals surface area (Å²) in [6.07, 6.45) is 2.21. The lowest BCUT2D eigenvalue weighted by Crippen LogP contribution is -2.37. The van der Waals surface area contributed by atoms with Crippen LogP contribution in [0, 0.1) is 0 Å². The molecule has 2 N–H and O–H groups in total. The van der Waals surface area contributed by atoms with Crippen molar-refractivity contribution in [1.82, 2.24) is 15.0 Å². The molecule has 1 aromatic heterocycles. The summed E-state index contributed by atoms with van der Waals surface area (Å²) in [7, 11) is 0. The molecule has 0 saturated carbocycles. The number of rotatable bonds is 4. The molecule has 2 aliphatic rings. The van der Waals surface area contributed by atoms with Gasteiger partial charge in [-0.05, 0) is 12.8 Å². The summed E-state index contributed by atoms with van der Waals surface area (Å²) in [6, 6.07) is 0.259. The van der Waals surface area contributed by atoms with Gasteiger partial charge in [0, 0.05) is 19.7 Å². The van der Waals surface area contributed by atoms with E-state index in [0.29, 0.717) is 25.8 Å². The Bertz CT molecular complexity index is 447. The minimum Gasteiger partial charge on any atom is -0.461 e. The molecule has 8 nitrogen and oxygen atoms in total. The van der Waals surface area contributed by atoms with Gasteiger partial charge >= 0.3 is 6.01 Å². The van der Waals surface area contributed by atoms with E-state index in [1.165, 1.54) is 0 Å². The van der Waals surface area contributed by atoms with Crippen LogP contribution in [-0.2, 0) is 9.47 Å². The summed E-state index contributed by atoms with van der Waals surface area (Å²) in [5, 5.41) is 0. The fraction of sp³-hybridized carbons (Fsp3) is 0.750. The monoisotopic (exact) mass is 281 g/mol. The van der Waals surface area contributed by atoms with Crippen LogP contribution >= 0.6 is 0 Å². The van der Waals surface area contributed by atoms with Crippen LogP contribution in [0.15, 0.2) is 0 Å². The molecule has 0 amide bonds. The second-order valence-electron chi connectivity index (χ2n) is 4.82. The molecule has 2 aliphatic heterocycles. The number of hydrogen-bond acceptors (Lipinski definition) is 8. The van der Waals surface area contributed by atoms with Gasteiger partial charge in [-0.2, -0.15) is 15.0 Å². The highest BCUT2D eigenvalue weighted by atomic mass is 16.5. The first-order chi connectivity index (χ1) is 9.81.